The van der Waals surface area contributed by atoms with E-state index in [1.54, 1.807) is 17.5 Å². The van der Waals surface area contributed by atoms with Crippen LogP contribution < -0.4 is 4.74 Å². The minimum absolute atomic E-state index is 0.802. The summed E-state index contributed by atoms with van der Waals surface area (Å²) >= 11 is 1.62. The molecule has 0 atom stereocenters. The first-order valence-electron chi connectivity index (χ1n) is 4.97. The molecular weight excluding hydrogens is 218 g/mol. The van der Waals surface area contributed by atoms with Crippen molar-refractivity contribution in [3.63, 3.8) is 0 Å². The van der Waals surface area contributed by atoms with Crippen molar-refractivity contribution >= 4 is 22.2 Å². The lowest BCUT2D eigenvalue weighted by Gasteiger charge is -2.05. The third kappa shape index (κ3) is 1.66. The van der Waals surface area contributed by atoms with Gasteiger partial charge in [0.05, 0.1) is 0 Å². The second-order valence-corrected chi connectivity index (χ2v) is 4.17. The van der Waals surface area contributed by atoms with Crippen molar-refractivity contribution in [1.82, 2.24) is 4.98 Å². The molecule has 16 heavy (non-hydrogen) atoms. The minimum atomic E-state index is 0.802. The number of pyridine rings is 1. The molecule has 0 amide bonds. The fourth-order valence-electron chi connectivity index (χ4n) is 1.60. The van der Waals surface area contributed by atoms with Crippen LogP contribution in [-0.4, -0.2) is 4.98 Å². The van der Waals surface area contributed by atoms with Crippen LogP contribution in [0.15, 0.2) is 53.4 Å². The zero-order chi connectivity index (χ0) is 10.8. The van der Waals surface area contributed by atoms with Gasteiger partial charge in [-0.25, -0.2) is 0 Å². The Labute approximate surface area is 97.1 Å². The number of hydrogen-bond acceptors (Lipinski definition) is 3. The Bertz CT molecular complexity index is 599. The highest BCUT2D eigenvalue weighted by atomic mass is 32.1. The van der Waals surface area contributed by atoms with Crippen LogP contribution in [0.1, 0.15) is 0 Å². The molecule has 0 bridgehead atoms. The maximum Gasteiger partial charge on any atom is 0.153 e. The van der Waals surface area contributed by atoms with Crippen LogP contribution in [0.4, 0.5) is 0 Å². The molecule has 2 heterocycles. The summed E-state index contributed by atoms with van der Waals surface area (Å²) in [6.45, 7) is 0. The van der Waals surface area contributed by atoms with Gasteiger partial charge in [-0.15, -0.1) is 11.3 Å². The van der Waals surface area contributed by atoms with Crippen molar-refractivity contribution in [2.24, 2.45) is 0 Å². The van der Waals surface area contributed by atoms with E-state index in [0.29, 0.717) is 0 Å². The summed E-state index contributed by atoms with van der Waals surface area (Å²) in [5.41, 5.74) is 0.899. The molecule has 78 valence electrons. The summed E-state index contributed by atoms with van der Waals surface area (Å²) in [6, 6.07) is 11.9. The van der Waals surface area contributed by atoms with Gasteiger partial charge in [0.25, 0.3) is 0 Å². The molecule has 0 saturated heterocycles. The molecule has 0 aliphatic carbocycles. The number of para-hydroxylation sites is 1. The second-order valence-electron chi connectivity index (χ2n) is 3.39. The molecular formula is C13H9NOS. The SMILES string of the molecule is c1cnc2c(Oc3ccsc3)cccc2c1. The molecule has 0 radical (unpaired) electrons. The van der Waals surface area contributed by atoms with Gasteiger partial charge in [-0.3, -0.25) is 4.98 Å². The lowest BCUT2D eigenvalue weighted by Crippen LogP contribution is -1.85. The number of aromatic nitrogens is 1. The fourth-order valence-corrected chi connectivity index (χ4v) is 2.15. The average molecular weight is 227 g/mol. The number of fused-ring (bicyclic) bond motifs is 1. The van der Waals surface area contributed by atoms with Crippen molar-refractivity contribution in [3.8, 4) is 11.5 Å². The molecule has 0 spiro atoms. The summed E-state index contributed by atoms with van der Waals surface area (Å²) in [4.78, 5) is 4.34. The quantitative estimate of drug-likeness (QED) is 0.658. The van der Waals surface area contributed by atoms with Crippen LogP contribution >= 0.6 is 11.3 Å². The average Bonchev–Trinajstić information content (AvgIpc) is 2.82. The summed E-state index contributed by atoms with van der Waals surface area (Å²) in [5, 5.41) is 5.06. The molecule has 1 aromatic carbocycles. The molecule has 3 rings (SSSR count). The number of rotatable bonds is 2. The highest BCUT2D eigenvalue weighted by molar-refractivity contribution is 7.08. The van der Waals surface area contributed by atoms with E-state index >= 15 is 0 Å². The largest absolute Gasteiger partial charge is 0.454 e. The summed E-state index contributed by atoms with van der Waals surface area (Å²) in [7, 11) is 0. The number of thiophene rings is 1. The standard InChI is InChI=1S/C13H9NOS/c1-3-10-4-2-7-14-13(10)12(5-1)15-11-6-8-16-9-11/h1-9H. The van der Waals surface area contributed by atoms with Crippen molar-refractivity contribution in [3.05, 3.63) is 53.4 Å². The summed E-state index contributed by atoms with van der Waals surface area (Å²) in [6.07, 6.45) is 1.78. The predicted molar refractivity (Wildman–Crippen MR) is 66.1 cm³/mol. The van der Waals surface area contributed by atoms with Gasteiger partial charge < -0.3 is 4.74 Å². The molecule has 0 N–H and O–H groups in total. The fraction of sp³-hybridized carbons (Fsp3) is 0. The van der Waals surface area contributed by atoms with Gasteiger partial charge in [0.1, 0.15) is 11.3 Å². The third-order valence-electron chi connectivity index (χ3n) is 2.32. The van der Waals surface area contributed by atoms with E-state index in [4.69, 9.17) is 4.74 Å². The molecule has 2 nitrogen and oxygen atoms in total. The molecule has 0 aliphatic heterocycles. The first-order chi connectivity index (χ1) is 7.93. The van der Waals surface area contributed by atoms with Crippen molar-refractivity contribution in [2.75, 3.05) is 0 Å². The number of ether oxygens (including phenoxy) is 1. The third-order valence-corrected chi connectivity index (χ3v) is 2.98. The Morgan fingerprint density at radius 2 is 2.00 bits per heavy atom. The van der Waals surface area contributed by atoms with E-state index in [9.17, 15) is 0 Å². The molecule has 2 aromatic heterocycles. The lowest BCUT2D eigenvalue weighted by molar-refractivity contribution is 0.489. The van der Waals surface area contributed by atoms with Crippen LogP contribution in [-0.2, 0) is 0 Å². The molecule has 0 fully saturated rings. The van der Waals surface area contributed by atoms with Gasteiger partial charge in [0.15, 0.2) is 5.75 Å². The van der Waals surface area contributed by atoms with Crippen LogP contribution in [0.3, 0.4) is 0 Å². The summed E-state index contributed by atoms with van der Waals surface area (Å²) < 4.78 is 5.78. The van der Waals surface area contributed by atoms with Crippen molar-refractivity contribution in [1.29, 1.82) is 0 Å². The van der Waals surface area contributed by atoms with Gasteiger partial charge >= 0.3 is 0 Å². The van der Waals surface area contributed by atoms with Crippen molar-refractivity contribution in [2.45, 2.75) is 0 Å². The molecule has 0 aliphatic rings. The van der Waals surface area contributed by atoms with Gasteiger partial charge in [-0.05, 0) is 23.6 Å². The maximum atomic E-state index is 5.78. The second kappa shape index (κ2) is 3.94. The molecule has 3 heteroatoms. The highest BCUT2D eigenvalue weighted by Gasteiger charge is 2.03. The van der Waals surface area contributed by atoms with Gasteiger partial charge in [0, 0.05) is 17.0 Å². The molecule has 0 unspecified atom stereocenters. The molecule has 0 saturated carbocycles. The van der Waals surface area contributed by atoms with Gasteiger partial charge in [-0.2, -0.15) is 0 Å². The van der Waals surface area contributed by atoms with Crippen LogP contribution in [0.5, 0.6) is 11.5 Å². The van der Waals surface area contributed by atoms with E-state index in [-0.39, 0.29) is 0 Å². The van der Waals surface area contributed by atoms with Crippen LogP contribution in [0, 0.1) is 0 Å². The van der Waals surface area contributed by atoms with E-state index < -0.39 is 0 Å². The van der Waals surface area contributed by atoms with E-state index in [1.165, 1.54) is 0 Å². The van der Waals surface area contributed by atoms with Crippen molar-refractivity contribution < 1.29 is 4.74 Å². The zero-order valence-electron chi connectivity index (χ0n) is 8.46. The summed E-state index contributed by atoms with van der Waals surface area (Å²) in [5.74, 6) is 1.67. The van der Waals surface area contributed by atoms with Gasteiger partial charge in [0.2, 0.25) is 0 Å². The smallest absolute Gasteiger partial charge is 0.153 e. The van der Waals surface area contributed by atoms with E-state index in [2.05, 4.69) is 4.98 Å². The highest BCUT2D eigenvalue weighted by Crippen LogP contribution is 2.29. The number of benzene rings is 1. The Balaban J connectivity index is 2.10. The first-order valence-corrected chi connectivity index (χ1v) is 5.91. The van der Waals surface area contributed by atoms with Crippen LogP contribution in [0.25, 0.3) is 10.9 Å². The normalized spacial score (nSPS) is 10.5. The Hall–Kier alpha value is -1.87. The number of hydrogen-bond donors (Lipinski definition) is 0. The Morgan fingerprint density at radius 3 is 2.88 bits per heavy atom. The predicted octanol–water partition coefficient (Wildman–Crippen LogP) is 4.09. The Morgan fingerprint density at radius 1 is 1.06 bits per heavy atom. The number of nitrogens with zero attached hydrogens (tertiary/aromatic N) is 1. The molecule has 3 aromatic rings. The monoisotopic (exact) mass is 227 g/mol. The maximum absolute atomic E-state index is 5.78. The first kappa shape index (κ1) is 9.36. The Kier molecular flexibility index (Phi) is 2.31. The van der Waals surface area contributed by atoms with Crippen LogP contribution in [0.2, 0.25) is 0 Å². The minimum Gasteiger partial charge on any atom is -0.454 e. The van der Waals surface area contributed by atoms with E-state index in [1.807, 2.05) is 47.2 Å². The lowest BCUT2D eigenvalue weighted by atomic mass is 10.2. The topological polar surface area (TPSA) is 22.1 Å². The van der Waals surface area contributed by atoms with Gasteiger partial charge in [-0.1, -0.05) is 18.2 Å². The zero-order valence-corrected chi connectivity index (χ0v) is 9.28. The van der Waals surface area contributed by atoms with E-state index in [0.717, 1.165) is 22.4 Å².